The number of benzene rings is 1. The number of nitro benzene ring substituents is 1. The normalized spacial score (nSPS) is 13.6. The Morgan fingerprint density at radius 3 is 3.05 bits per heavy atom. The molecule has 0 saturated carbocycles. The summed E-state index contributed by atoms with van der Waals surface area (Å²) in [6.45, 7) is 2.99. The van der Waals surface area contributed by atoms with Crippen molar-refractivity contribution >= 4 is 45.2 Å². The van der Waals surface area contributed by atoms with Gasteiger partial charge in [-0.05, 0) is 19.1 Å². The molecule has 0 spiro atoms. The van der Waals surface area contributed by atoms with Crippen molar-refractivity contribution in [2.75, 3.05) is 30.0 Å². The Balaban J connectivity index is 2.01. The lowest BCUT2D eigenvalue weighted by Gasteiger charge is -2.08. The molecular formula is C13H15N3O4S2. The summed E-state index contributed by atoms with van der Waals surface area (Å²) in [5.74, 6) is 1.22. The molecule has 1 N–H and O–H groups in total. The van der Waals surface area contributed by atoms with Gasteiger partial charge in [-0.1, -0.05) is 23.5 Å². The molecule has 0 unspecified atom stereocenters. The van der Waals surface area contributed by atoms with Crippen LogP contribution in [-0.4, -0.2) is 39.9 Å². The van der Waals surface area contributed by atoms with E-state index in [1.54, 1.807) is 24.8 Å². The van der Waals surface area contributed by atoms with E-state index >= 15 is 0 Å². The number of rotatable bonds is 6. The van der Waals surface area contributed by atoms with Crippen LogP contribution in [0.2, 0.25) is 0 Å². The van der Waals surface area contributed by atoms with Crippen LogP contribution in [0.4, 0.5) is 11.4 Å². The minimum absolute atomic E-state index is 0.167. The number of ether oxygens (including phenoxy) is 1. The van der Waals surface area contributed by atoms with Crippen LogP contribution in [-0.2, 0) is 4.79 Å². The molecule has 22 heavy (non-hydrogen) atoms. The Morgan fingerprint density at radius 1 is 1.59 bits per heavy atom. The Labute approximate surface area is 136 Å². The van der Waals surface area contributed by atoms with Gasteiger partial charge in [-0.3, -0.25) is 19.9 Å². The first-order valence-electron chi connectivity index (χ1n) is 6.61. The number of nitrogens with zero attached hydrogens (tertiary/aromatic N) is 2. The fraction of sp³-hybridized carbons (Fsp3) is 0.385. The lowest BCUT2D eigenvalue weighted by atomic mass is 10.2. The largest absolute Gasteiger partial charge is 0.494 e. The molecule has 7 nitrogen and oxygen atoms in total. The van der Waals surface area contributed by atoms with Gasteiger partial charge in [0.05, 0.1) is 29.9 Å². The van der Waals surface area contributed by atoms with E-state index in [1.807, 2.05) is 0 Å². The summed E-state index contributed by atoms with van der Waals surface area (Å²) in [6.07, 6.45) is 0. The summed E-state index contributed by atoms with van der Waals surface area (Å²) >= 11 is 2.96. The summed E-state index contributed by atoms with van der Waals surface area (Å²) in [4.78, 5) is 26.7. The van der Waals surface area contributed by atoms with E-state index in [2.05, 4.69) is 10.3 Å². The highest BCUT2D eigenvalue weighted by atomic mass is 32.2. The third-order valence-electron chi connectivity index (χ3n) is 2.64. The molecule has 1 aromatic carbocycles. The van der Waals surface area contributed by atoms with Crippen molar-refractivity contribution in [1.82, 2.24) is 0 Å². The minimum Gasteiger partial charge on any atom is -0.494 e. The first kappa shape index (κ1) is 16.6. The Hall–Kier alpha value is -1.74. The van der Waals surface area contributed by atoms with Crippen molar-refractivity contribution in [3.63, 3.8) is 0 Å². The maximum absolute atomic E-state index is 11.9. The standard InChI is InChI=1S/C13H15N3O4S2/c1-2-20-9-3-4-10(11(7-9)16(18)19)15-12(17)8-22-13-14-5-6-21-13/h3-4,7H,2,5-6,8H2,1H3,(H,15,17). The third-order valence-corrected chi connectivity index (χ3v) is 4.89. The molecule has 1 amide bonds. The van der Waals surface area contributed by atoms with Gasteiger partial charge < -0.3 is 10.1 Å². The van der Waals surface area contributed by atoms with Crippen molar-refractivity contribution in [3.05, 3.63) is 28.3 Å². The zero-order chi connectivity index (χ0) is 15.9. The number of carbonyl (C=O) groups excluding carboxylic acids is 1. The van der Waals surface area contributed by atoms with Crippen LogP contribution in [0.5, 0.6) is 5.75 Å². The van der Waals surface area contributed by atoms with E-state index in [0.717, 1.165) is 16.7 Å². The monoisotopic (exact) mass is 341 g/mol. The second-order valence-corrected chi connectivity index (χ2v) is 6.51. The first-order valence-corrected chi connectivity index (χ1v) is 8.58. The van der Waals surface area contributed by atoms with Crippen LogP contribution >= 0.6 is 23.5 Å². The highest BCUT2D eigenvalue weighted by Crippen LogP contribution is 2.29. The van der Waals surface area contributed by atoms with Gasteiger partial charge >= 0.3 is 0 Å². The molecule has 1 heterocycles. The molecule has 0 saturated heterocycles. The van der Waals surface area contributed by atoms with E-state index in [0.29, 0.717) is 12.4 Å². The van der Waals surface area contributed by atoms with Crippen LogP contribution in [0.1, 0.15) is 6.92 Å². The molecule has 0 fully saturated rings. The zero-order valence-electron chi connectivity index (χ0n) is 11.9. The van der Waals surface area contributed by atoms with Crippen molar-refractivity contribution < 1.29 is 14.5 Å². The maximum atomic E-state index is 11.9. The summed E-state index contributed by atoms with van der Waals surface area (Å²) in [6, 6.07) is 4.38. The van der Waals surface area contributed by atoms with Gasteiger partial charge in [0.25, 0.3) is 5.69 Å². The summed E-state index contributed by atoms with van der Waals surface area (Å²) in [5.41, 5.74) is -0.0167. The van der Waals surface area contributed by atoms with E-state index in [-0.39, 0.29) is 23.0 Å². The third kappa shape index (κ3) is 4.63. The minimum atomic E-state index is -0.540. The quantitative estimate of drug-likeness (QED) is 0.631. The molecule has 0 atom stereocenters. The van der Waals surface area contributed by atoms with E-state index in [4.69, 9.17) is 4.74 Å². The van der Waals surface area contributed by atoms with Crippen molar-refractivity contribution in [2.45, 2.75) is 6.92 Å². The Kier molecular flexibility index (Phi) is 6.08. The summed E-state index contributed by atoms with van der Waals surface area (Å²) < 4.78 is 6.12. The fourth-order valence-corrected chi connectivity index (χ4v) is 3.55. The van der Waals surface area contributed by atoms with Crippen LogP contribution in [0, 0.1) is 10.1 Å². The van der Waals surface area contributed by atoms with E-state index in [1.165, 1.54) is 23.9 Å². The number of amides is 1. The lowest BCUT2D eigenvalue weighted by Crippen LogP contribution is -2.15. The van der Waals surface area contributed by atoms with Gasteiger partial charge in [0.1, 0.15) is 15.8 Å². The van der Waals surface area contributed by atoms with Crippen LogP contribution < -0.4 is 10.1 Å². The molecule has 1 aromatic rings. The summed E-state index contributed by atoms with van der Waals surface area (Å²) in [7, 11) is 0. The predicted molar refractivity (Wildman–Crippen MR) is 90.1 cm³/mol. The molecule has 0 aromatic heterocycles. The molecule has 0 aliphatic carbocycles. The summed E-state index contributed by atoms with van der Waals surface area (Å²) in [5, 5.41) is 13.7. The van der Waals surface area contributed by atoms with Gasteiger partial charge in [-0.15, -0.1) is 0 Å². The van der Waals surface area contributed by atoms with Gasteiger partial charge in [0, 0.05) is 5.75 Å². The number of anilines is 1. The Bertz CT molecular complexity index is 607. The number of carbonyl (C=O) groups is 1. The number of thioether (sulfide) groups is 2. The van der Waals surface area contributed by atoms with Crippen LogP contribution in [0.25, 0.3) is 0 Å². The fourth-order valence-electron chi connectivity index (χ4n) is 1.74. The van der Waals surface area contributed by atoms with Crippen molar-refractivity contribution in [2.24, 2.45) is 4.99 Å². The van der Waals surface area contributed by atoms with E-state index in [9.17, 15) is 14.9 Å². The smallest absolute Gasteiger partial charge is 0.296 e. The topological polar surface area (TPSA) is 93.8 Å². The number of nitrogens with one attached hydrogen (secondary N) is 1. The molecule has 1 aliphatic rings. The molecule has 1 aliphatic heterocycles. The highest BCUT2D eigenvalue weighted by molar-refractivity contribution is 8.39. The van der Waals surface area contributed by atoms with Gasteiger partial charge in [0.2, 0.25) is 5.91 Å². The second-order valence-electron chi connectivity index (χ2n) is 4.20. The molecular weight excluding hydrogens is 326 g/mol. The van der Waals surface area contributed by atoms with Crippen molar-refractivity contribution in [3.8, 4) is 5.75 Å². The van der Waals surface area contributed by atoms with Crippen molar-refractivity contribution in [1.29, 1.82) is 0 Å². The molecule has 2 rings (SSSR count). The maximum Gasteiger partial charge on any atom is 0.296 e. The number of hydrogen-bond donors (Lipinski definition) is 1. The first-order chi connectivity index (χ1) is 10.6. The lowest BCUT2D eigenvalue weighted by molar-refractivity contribution is -0.384. The van der Waals surface area contributed by atoms with Gasteiger partial charge in [-0.25, -0.2) is 0 Å². The van der Waals surface area contributed by atoms with Crippen LogP contribution in [0.15, 0.2) is 23.2 Å². The molecule has 118 valence electrons. The molecule has 0 radical (unpaired) electrons. The molecule has 9 heteroatoms. The van der Waals surface area contributed by atoms with Gasteiger partial charge in [-0.2, -0.15) is 0 Å². The van der Waals surface area contributed by atoms with E-state index < -0.39 is 4.92 Å². The highest BCUT2D eigenvalue weighted by Gasteiger charge is 2.18. The molecule has 0 bridgehead atoms. The van der Waals surface area contributed by atoms with Gasteiger partial charge in [0.15, 0.2) is 0 Å². The number of nitro groups is 1. The number of hydrogen-bond acceptors (Lipinski definition) is 7. The average molecular weight is 341 g/mol. The Morgan fingerprint density at radius 2 is 2.41 bits per heavy atom. The van der Waals surface area contributed by atoms with Crippen LogP contribution in [0.3, 0.4) is 0 Å². The SMILES string of the molecule is CCOc1ccc(NC(=O)CSC2=NCCS2)c([N+](=O)[O-])c1. The predicted octanol–water partition coefficient (Wildman–Crippen LogP) is 2.77. The number of aliphatic imine (C=N–C) groups is 1. The zero-order valence-corrected chi connectivity index (χ0v) is 13.5. The second kappa shape index (κ2) is 8.04. The average Bonchev–Trinajstić information content (AvgIpc) is 3.00.